The predicted octanol–water partition coefficient (Wildman–Crippen LogP) is 3.91. The Kier molecular flexibility index (Phi) is 4.71. The van der Waals surface area contributed by atoms with Crippen LogP contribution in [0.15, 0.2) is 47.6 Å². The van der Waals surface area contributed by atoms with Gasteiger partial charge in [-0.3, -0.25) is 4.79 Å². The van der Waals surface area contributed by atoms with Crippen LogP contribution in [-0.4, -0.2) is 11.6 Å². The van der Waals surface area contributed by atoms with E-state index in [1.807, 2.05) is 30.3 Å². The van der Waals surface area contributed by atoms with Crippen molar-refractivity contribution in [3.8, 4) is 0 Å². The third-order valence-electron chi connectivity index (χ3n) is 4.88. The molecule has 1 fully saturated rings. The van der Waals surface area contributed by atoms with E-state index in [1.54, 1.807) is 0 Å². The summed E-state index contributed by atoms with van der Waals surface area (Å²) in [6.07, 6.45) is 9.83. The second-order valence-corrected chi connectivity index (χ2v) is 6.23. The van der Waals surface area contributed by atoms with Crippen molar-refractivity contribution in [1.29, 1.82) is 0 Å². The first-order chi connectivity index (χ1) is 10.8. The molecule has 116 valence electrons. The molecule has 1 aromatic carbocycles. The predicted molar refractivity (Wildman–Crippen MR) is 89.5 cm³/mol. The number of fused-ring (bicyclic) bond motifs is 1. The normalized spacial score (nSPS) is 29.0. The number of hydrogen-bond donors (Lipinski definition) is 1. The first-order valence-electron chi connectivity index (χ1n) is 8.38. The highest BCUT2D eigenvalue weighted by Gasteiger charge is 2.53. The van der Waals surface area contributed by atoms with Crippen LogP contribution < -0.4 is 5.43 Å². The summed E-state index contributed by atoms with van der Waals surface area (Å²) in [6.45, 7) is 2.06. The lowest BCUT2D eigenvalue weighted by Crippen LogP contribution is -2.23. The van der Waals surface area contributed by atoms with Crippen LogP contribution in [-0.2, 0) is 4.79 Å². The molecule has 2 unspecified atom stereocenters. The number of rotatable bonds is 4. The third-order valence-corrected chi connectivity index (χ3v) is 4.88. The van der Waals surface area contributed by atoms with Crippen LogP contribution in [0, 0.1) is 17.8 Å². The van der Waals surface area contributed by atoms with E-state index < -0.39 is 0 Å². The van der Waals surface area contributed by atoms with Crippen molar-refractivity contribution in [2.24, 2.45) is 22.9 Å². The van der Waals surface area contributed by atoms with Crippen LogP contribution in [0.2, 0.25) is 0 Å². The Balaban J connectivity index is 1.61. The lowest BCUT2D eigenvalue weighted by Gasteiger charge is -2.05. The number of nitrogens with zero attached hydrogens (tertiary/aromatic N) is 1. The van der Waals surface area contributed by atoms with Crippen LogP contribution in [0.1, 0.15) is 44.6 Å². The largest absolute Gasteiger partial charge is 0.273 e. The van der Waals surface area contributed by atoms with E-state index in [0.717, 1.165) is 43.4 Å². The lowest BCUT2D eigenvalue weighted by molar-refractivity contribution is -0.122. The average Bonchev–Trinajstić information content (AvgIpc) is 3.20. The van der Waals surface area contributed by atoms with Crippen LogP contribution in [0.4, 0.5) is 0 Å². The molecule has 0 radical (unpaired) electrons. The first kappa shape index (κ1) is 15.0. The van der Waals surface area contributed by atoms with E-state index in [1.165, 1.54) is 0 Å². The van der Waals surface area contributed by atoms with Gasteiger partial charge in [-0.2, -0.15) is 5.10 Å². The standard InChI is InChI=1S/C19H24N2O/c1-2-17(14-10-6-5-7-11-14)20-21-19(22)18-15-12-8-3-4-9-13-16(15)18/h3-7,10-11,15-16,18H,2,8-9,12-13H2,1H3,(H,21,22)/b4-3-,20-17+. The molecule has 3 nitrogen and oxygen atoms in total. The van der Waals surface area contributed by atoms with E-state index in [9.17, 15) is 4.79 Å². The maximum atomic E-state index is 12.4. The van der Waals surface area contributed by atoms with Gasteiger partial charge in [0, 0.05) is 5.92 Å². The number of hydrogen-bond acceptors (Lipinski definition) is 2. The number of amides is 1. The van der Waals surface area contributed by atoms with Gasteiger partial charge in [-0.05, 0) is 49.5 Å². The molecule has 2 aliphatic rings. The summed E-state index contributed by atoms with van der Waals surface area (Å²) >= 11 is 0. The highest BCUT2D eigenvalue weighted by Crippen LogP contribution is 2.52. The van der Waals surface area contributed by atoms with Gasteiger partial charge >= 0.3 is 0 Å². The number of carbonyl (C=O) groups excluding carboxylic acids is 1. The molecular weight excluding hydrogens is 272 g/mol. The second-order valence-electron chi connectivity index (χ2n) is 6.23. The van der Waals surface area contributed by atoms with E-state index in [2.05, 4.69) is 29.6 Å². The Morgan fingerprint density at radius 3 is 2.36 bits per heavy atom. The Morgan fingerprint density at radius 1 is 1.14 bits per heavy atom. The Hall–Kier alpha value is -1.90. The SMILES string of the molecule is CC/C(=N\NC(=O)C1C2CC/C=C\CCC21)c1ccccc1. The van der Waals surface area contributed by atoms with Crippen LogP contribution in [0.25, 0.3) is 0 Å². The van der Waals surface area contributed by atoms with Gasteiger partial charge in [-0.1, -0.05) is 49.4 Å². The fraction of sp³-hybridized carbons (Fsp3) is 0.474. The number of hydrazone groups is 1. The minimum absolute atomic E-state index is 0.110. The van der Waals surface area contributed by atoms with Crippen molar-refractivity contribution < 1.29 is 4.79 Å². The van der Waals surface area contributed by atoms with Gasteiger partial charge in [-0.25, -0.2) is 5.43 Å². The van der Waals surface area contributed by atoms with Gasteiger partial charge in [-0.15, -0.1) is 0 Å². The number of allylic oxidation sites excluding steroid dienone is 2. The fourth-order valence-corrected chi connectivity index (χ4v) is 3.61. The highest BCUT2D eigenvalue weighted by atomic mass is 16.2. The summed E-state index contributed by atoms with van der Waals surface area (Å²) in [5.41, 5.74) is 4.84. The van der Waals surface area contributed by atoms with Crippen molar-refractivity contribution in [1.82, 2.24) is 5.43 Å². The van der Waals surface area contributed by atoms with E-state index in [4.69, 9.17) is 0 Å². The van der Waals surface area contributed by atoms with Crippen molar-refractivity contribution >= 4 is 11.6 Å². The molecule has 1 amide bonds. The Morgan fingerprint density at radius 2 is 1.77 bits per heavy atom. The molecule has 1 N–H and O–H groups in total. The second kappa shape index (κ2) is 6.91. The molecule has 22 heavy (non-hydrogen) atoms. The van der Waals surface area contributed by atoms with Crippen molar-refractivity contribution in [3.63, 3.8) is 0 Å². The summed E-state index contributed by atoms with van der Waals surface area (Å²) in [5, 5.41) is 4.38. The average molecular weight is 296 g/mol. The number of carbonyl (C=O) groups is 1. The molecule has 1 saturated carbocycles. The molecule has 2 aliphatic carbocycles. The summed E-state index contributed by atoms with van der Waals surface area (Å²) in [4.78, 5) is 12.4. The molecule has 0 bridgehead atoms. The molecule has 3 rings (SSSR count). The van der Waals surface area contributed by atoms with Crippen LogP contribution >= 0.6 is 0 Å². The van der Waals surface area contributed by atoms with E-state index >= 15 is 0 Å². The zero-order valence-electron chi connectivity index (χ0n) is 13.2. The summed E-state index contributed by atoms with van der Waals surface area (Å²) in [5.74, 6) is 1.43. The third kappa shape index (κ3) is 3.29. The number of nitrogens with one attached hydrogen (secondary N) is 1. The van der Waals surface area contributed by atoms with Gasteiger partial charge in [0.1, 0.15) is 0 Å². The van der Waals surface area contributed by atoms with Crippen molar-refractivity contribution in [2.75, 3.05) is 0 Å². The smallest absolute Gasteiger partial charge is 0.243 e. The van der Waals surface area contributed by atoms with Gasteiger partial charge < -0.3 is 0 Å². The molecule has 3 heteroatoms. The highest BCUT2D eigenvalue weighted by molar-refractivity contribution is 6.01. The fourth-order valence-electron chi connectivity index (χ4n) is 3.61. The summed E-state index contributed by atoms with van der Waals surface area (Å²) < 4.78 is 0. The molecule has 0 saturated heterocycles. The van der Waals surface area contributed by atoms with Crippen molar-refractivity contribution in [3.05, 3.63) is 48.0 Å². The Labute approximate surface area is 132 Å². The van der Waals surface area contributed by atoms with E-state index in [0.29, 0.717) is 11.8 Å². The zero-order chi connectivity index (χ0) is 15.4. The van der Waals surface area contributed by atoms with Gasteiger partial charge in [0.25, 0.3) is 0 Å². The minimum atomic E-state index is 0.110. The molecule has 1 aromatic rings. The maximum absolute atomic E-state index is 12.4. The topological polar surface area (TPSA) is 41.5 Å². The molecule has 0 aromatic heterocycles. The zero-order valence-corrected chi connectivity index (χ0v) is 13.2. The monoisotopic (exact) mass is 296 g/mol. The lowest BCUT2D eigenvalue weighted by atomic mass is 10.1. The molecule has 2 atom stereocenters. The molecule has 0 spiro atoms. The summed E-state index contributed by atoms with van der Waals surface area (Å²) in [6, 6.07) is 10.1. The quantitative estimate of drug-likeness (QED) is 0.511. The molecule has 0 aliphatic heterocycles. The maximum Gasteiger partial charge on any atom is 0.243 e. The van der Waals surface area contributed by atoms with Gasteiger partial charge in [0.2, 0.25) is 5.91 Å². The van der Waals surface area contributed by atoms with Gasteiger partial charge in [0.15, 0.2) is 0 Å². The number of benzene rings is 1. The van der Waals surface area contributed by atoms with E-state index in [-0.39, 0.29) is 11.8 Å². The first-order valence-corrected chi connectivity index (χ1v) is 8.38. The van der Waals surface area contributed by atoms with Crippen LogP contribution in [0.5, 0.6) is 0 Å². The van der Waals surface area contributed by atoms with Crippen LogP contribution in [0.3, 0.4) is 0 Å². The molecule has 0 heterocycles. The Bertz CT molecular complexity index is 560. The van der Waals surface area contributed by atoms with Crippen molar-refractivity contribution in [2.45, 2.75) is 39.0 Å². The van der Waals surface area contributed by atoms with Gasteiger partial charge in [0.05, 0.1) is 5.71 Å². The minimum Gasteiger partial charge on any atom is -0.273 e. The summed E-state index contributed by atoms with van der Waals surface area (Å²) in [7, 11) is 0. The molecular formula is C19H24N2O.